The van der Waals surface area contributed by atoms with Gasteiger partial charge in [0.05, 0.1) is 6.61 Å². The van der Waals surface area contributed by atoms with Gasteiger partial charge in [-0.05, 0) is 43.5 Å². The number of ether oxygens (including phenoxy) is 1. The predicted molar refractivity (Wildman–Crippen MR) is 114 cm³/mol. The van der Waals surface area contributed by atoms with Crippen LogP contribution in [0.1, 0.15) is 56.2 Å². The highest BCUT2D eigenvalue weighted by atomic mass is 32.1. The molecule has 6 nitrogen and oxygen atoms in total. The van der Waals surface area contributed by atoms with Crippen molar-refractivity contribution < 1.29 is 13.9 Å². The lowest BCUT2D eigenvalue weighted by molar-refractivity contribution is 0.0904. The summed E-state index contributed by atoms with van der Waals surface area (Å²) >= 11 is 5.37. The van der Waals surface area contributed by atoms with E-state index in [1.54, 1.807) is 0 Å². The molecule has 1 aliphatic rings. The number of hydrogen-bond acceptors (Lipinski definition) is 4. The average Bonchev–Trinajstić information content (AvgIpc) is 3.06. The summed E-state index contributed by atoms with van der Waals surface area (Å²) in [4.78, 5) is 12.7. The van der Waals surface area contributed by atoms with Gasteiger partial charge in [-0.25, -0.2) is 0 Å². The molecule has 1 aromatic heterocycles. The van der Waals surface area contributed by atoms with Crippen molar-refractivity contribution in [3.63, 3.8) is 0 Å². The molecule has 3 atom stereocenters. The molecule has 1 fully saturated rings. The molecule has 0 unspecified atom stereocenters. The lowest BCUT2D eigenvalue weighted by atomic mass is 9.78. The summed E-state index contributed by atoms with van der Waals surface area (Å²) < 4.78 is 11.3. The van der Waals surface area contributed by atoms with Crippen LogP contribution in [-0.2, 0) is 11.3 Å². The molecule has 2 aromatic rings. The molecular weight excluding hydrogens is 374 g/mol. The van der Waals surface area contributed by atoms with Crippen molar-refractivity contribution in [1.29, 1.82) is 0 Å². The molecule has 0 bridgehead atoms. The van der Waals surface area contributed by atoms with Crippen LogP contribution in [0.5, 0.6) is 0 Å². The summed E-state index contributed by atoms with van der Waals surface area (Å²) in [5.74, 6) is 1.07. The molecule has 1 heterocycles. The minimum Gasteiger partial charge on any atom is -0.450 e. The number of para-hydroxylation sites is 1. The van der Waals surface area contributed by atoms with Crippen molar-refractivity contribution in [1.82, 2.24) is 16.2 Å². The molecule has 0 saturated heterocycles. The van der Waals surface area contributed by atoms with Crippen molar-refractivity contribution in [3.05, 3.63) is 35.6 Å². The summed E-state index contributed by atoms with van der Waals surface area (Å²) in [5, 5.41) is 4.63. The standard InChI is InChI=1S/C21H29N3O3S/c1-4-26-12-16-15-9-5-6-11-18(15)27-19(16)20(25)23-24-21(28)22-17-10-7-8-13(2)14(17)3/h5-6,9,11,13-14,17H,4,7-8,10,12H2,1-3H3,(H,23,25)(H2,22,24,28)/t13-,14+,17-/m1/s1. The lowest BCUT2D eigenvalue weighted by Gasteiger charge is -2.35. The number of benzene rings is 1. The minimum atomic E-state index is -0.375. The van der Waals surface area contributed by atoms with E-state index in [9.17, 15) is 4.79 Å². The first-order chi connectivity index (χ1) is 13.5. The van der Waals surface area contributed by atoms with Crippen LogP contribution in [0, 0.1) is 11.8 Å². The first kappa shape index (κ1) is 20.6. The number of thiocarbonyl (C=S) groups is 1. The van der Waals surface area contributed by atoms with Gasteiger partial charge in [0.1, 0.15) is 5.58 Å². The average molecular weight is 404 g/mol. The lowest BCUT2D eigenvalue weighted by Crippen LogP contribution is -2.52. The maximum absolute atomic E-state index is 12.7. The van der Waals surface area contributed by atoms with E-state index in [1.165, 1.54) is 12.8 Å². The molecule has 7 heteroatoms. The molecule has 0 radical (unpaired) electrons. The van der Waals surface area contributed by atoms with Gasteiger partial charge in [0.2, 0.25) is 0 Å². The Hall–Kier alpha value is -2.12. The summed E-state index contributed by atoms with van der Waals surface area (Å²) in [7, 11) is 0. The van der Waals surface area contributed by atoms with Gasteiger partial charge in [0.15, 0.2) is 10.9 Å². The SMILES string of the molecule is CCOCc1c(C(=O)NNC(=S)N[C@@H]2CCC[C@@H](C)[C@@H]2C)oc2ccccc12. The highest BCUT2D eigenvalue weighted by Crippen LogP contribution is 2.29. The van der Waals surface area contributed by atoms with Crippen LogP contribution >= 0.6 is 12.2 Å². The van der Waals surface area contributed by atoms with E-state index in [0.29, 0.717) is 41.8 Å². The number of amides is 1. The Morgan fingerprint density at radius 1 is 1.25 bits per heavy atom. The number of furan rings is 1. The molecular formula is C21H29N3O3S. The maximum Gasteiger partial charge on any atom is 0.305 e. The van der Waals surface area contributed by atoms with E-state index < -0.39 is 0 Å². The van der Waals surface area contributed by atoms with Gasteiger partial charge in [-0.2, -0.15) is 0 Å². The van der Waals surface area contributed by atoms with Crippen LogP contribution in [0.4, 0.5) is 0 Å². The van der Waals surface area contributed by atoms with Gasteiger partial charge in [0.25, 0.3) is 0 Å². The monoisotopic (exact) mass is 403 g/mol. The minimum absolute atomic E-state index is 0.240. The van der Waals surface area contributed by atoms with Crippen LogP contribution in [0.25, 0.3) is 11.0 Å². The largest absolute Gasteiger partial charge is 0.450 e. The van der Waals surface area contributed by atoms with Crippen LogP contribution in [0.15, 0.2) is 28.7 Å². The topological polar surface area (TPSA) is 75.5 Å². The Morgan fingerprint density at radius 3 is 2.82 bits per heavy atom. The van der Waals surface area contributed by atoms with Crippen LogP contribution in [0.2, 0.25) is 0 Å². The van der Waals surface area contributed by atoms with Crippen molar-refractivity contribution in [2.75, 3.05) is 6.61 Å². The van der Waals surface area contributed by atoms with Gasteiger partial charge in [-0.3, -0.25) is 15.6 Å². The molecule has 1 amide bonds. The molecule has 3 N–H and O–H groups in total. The van der Waals surface area contributed by atoms with Gasteiger partial charge in [-0.15, -0.1) is 0 Å². The smallest absolute Gasteiger partial charge is 0.305 e. The Morgan fingerprint density at radius 2 is 2.04 bits per heavy atom. The van der Waals surface area contributed by atoms with E-state index >= 15 is 0 Å². The van der Waals surface area contributed by atoms with Crippen molar-refractivity contribution >= 4 is 34.2 Å². The van der Waals surface area contributed by atoms with Gasteiger partial charge in [0, 0.05) is 23.6 Å². The maximum atomic E-state index is 12.7. The second-order valence-corrected chi connectivity index (χ2v) is 7.88. The fourth-order valence-electron chi connectivity index (χ4n) is 3.79. The van der Waals surface area contributed by atoms with Crippen molar-refractivity contribution in [2.24, 2.45) is 11.8 Å². The fourth-order valence-corrected chi connectivity index (χ4v) is 3.99. The van der Waals surface area contributed by atoms with Gasteiger partial charge in [-0.1, -0.05) is 44.9 Å². The van der Waals surface area contributed by atoms with E-state index in [0.717, 1.165) is 17.4 Å². The third-order valence-electron chi connectivity index (χ3n) is 5.67. The first-order valence-corrected chi connectivity index (χ1v) is 10.4. The second kappa shape index (κ2) is 9.39. The highest BCUT2D eigenvalue weighted by molar-refractivity contribution is 7.80. The Bertz CT molecular complexity index is 835. The zero-order valence-electron chi connectivity index (χ0n) is 16.7. The van der Waals surface area contributed by atoms with Crippen molar-refractivity contribution in [2.45, 2.75) is 52.7 Å². The number of hydrogen-bond donors (Lipinski definition) is 3. The number of carbonyl (C=O) groups is 1. The normalized spacial score (nSPS) is 22.0. The van der Waals surface area contributed by atoms with E-state index in [4.69, 9.17) is 21.4 Å². The molecule has 28 heavy (non-hydrogen) atoms. The third kappa shape index (κ3) is 4.64. The summed E-state index contributed by atoms with van der Waals surface area (Å²) in [6.07, 6.45) is 3.53. The predicted octanol–water partition coefficient (Wildman–Crippen LogP) is 3.90. The molecule has 1 aromatic carbocycles. The van der Waals surface area contributed by atoms with Crippen molar-refractivity contribution in [3.8, 4) is 0 Å². The Balaban J connectivity index is 1.63. The summed E-state index contributed by atoms with van der Waals surface area (Å²) in [5.41, 5.74) is 6.86. The number of fused-ring (bicyclic) bond motifs is 1. The quantitative estimate of drug-likeness (QED) is 0.519. The number of carbonyl (C=O) groups excluding carboxylic acids is 1. The molecule has 1 aliphatic carbocycles. The van der Waals surface area contributed by atoms with Crippen LogP contribution in [-0.4, -0.2) is 23.7 Å². The van der Waals surface area contributed by atoms with Crippen LogP contribution in [0.3, 0.4) is 0 Å². The van der Waals surface area contributed by atoms with E-state index in [1.807, 2.05) is 31.2 Å². The molecule has 3 rings (SSSR count). The number of hydrazine groups is 1. The number of nitrogens with one attached hydrogen (secondary N) is 3. The van der Waals surface area contributed by atoms with Gasteiger partial charge < -0.3 is 14.5 Å². The number of rotatable bonds is 5. The molecule has 0 spiro atoms. The first-order valence-electron chi connectivity index (χ1n) is 9.96. The molecule has 1 saturated carbocycles. The van der Waals surface area contributed by atoms with Crippen LogP contribution < -0.4 is 16.2 Å². The zero-order chi connectivity index (χ0) is 20.1. The fraction of sp³-hybridized carbons (Fsp3) is 0.524. The van der Waals surface area contributed by atoms with Gasteiger partial charge >= 0.3 is 5.91 Å². The molecule has 152 valence electrons. The summed E-state index contributed by atoms with van der Waals surface area (Å²) in [6, 6.07) is 7.88. The second-order valence-electron chi connectivity index (χ2n) is 7.47. The zero-order valence-corrected chi connectivity index (χ0v) is 17.5. The molecule has 0 aliphatic heterocycles. The Labute approximate surface area is 171 Å². The summed E-state index contributed by atoms with van der Waals surface area (Å²) in [6.45, 7) is 7.32. The highest BCUT2D eigenvalue weighted by Gasteiger charge is 2.27. The van der Waals surface area contributed by atoms with E-state index in [2.05, 4.69) is 30.0 Å². The third-order valence-corrected chi connectivity index (χ3v) is 5.89. The Kier molecular flexibility index (Phi) is 6.91. The van der Waals surface area contributed by atoms with E-state index in [-0.39, 0.29) is 11.7 Å².